The van der Waals surface area contributed by atoms with Crippen molar-refractivity contribution >= 4 is 28.2 Å². The predicted molar refractivity (Wildman–Crippen MR) is 84.0 cm³/mol. The van der Waals surface area contributed by atoms with Crippen LogP contribution in [0.25, 0.3) is 11.0 Å². The van der Waals surface area contributed by atoms with Crippen molar-refractivity contribution in [3.8, 4) is 5.88 Å². The summed E-state index contributed by atoms with van der Waals surface area (Å²) < 4.78 is 1.68. The number of carbonyl (C=O) groups excluding carboxylic acids is 1. The lowest BCUT2D eigenvalue weighted by atomic mass is 10.0. The van der Waals surface area contributed by atoms with Crippen molar-refractivity contribution in [3.63, 3.8) is 0 Å². The SMILES string of the molecule is CCn1c(O)c(C2=Nc3ccccc3C2=O)c2cccnc21. The molecule has 0 bridgehead atoms. The maximum absolute atomic E-state index is 12.6. The number of rotatable bonds is 2. The van der Waals surface area contributed by atoms with Crippen molar-refractivity contribution in [2.75, 3.05) is 0 Å². The molecule has 3 heterocycles. The summed E-state index contributed by atoms with van der Waals surface area (Å²) >= 11 is 0. The maximum atomic E-state index is 12.6. The van der Waals surface area contributed by atoms with Gasteiger partial charge < -0.3 is 5.11 Å². The molecule has 0 unspecified atom stereocenters. The lowest BCUT2D eigenvalue weighted by molar-refractivity contribution is 0.107. The first-order valence-corrected chi connectivity index (χ1v) is 7.11. The van der Waals surface area contributed by atoms with E-state index in [0.717, 1.165) is 5.39 Å². The average Bonchev–Trinajstić information content (AvgIpc) is 3.01. The third kappa shape index (κ3) is 1.56. The van der Waals surface area contributed by atoms with E-state index in [0.29, 0.717) is 29.0 Å². The maximum Gasteiger partial charge on any atom is 0.214 e. The van der Waals surface area contributed by atoms with Gasteiger partial charge in [-0.2, -0.15) is 0 Å². The number of hydrogen-bond acceptors (Lipinski definition) is 4. The second-order valence-electron chi connectivity index (χ2n) is 5.12. The molecule has 5 heteroatoms. The van der Waals surface area contributed by atoms with Crippen molar-refractivity contribution in [2.45, 2.75) is 13.5 Å². The van der Waals surface area contributed by atoms with Gasteiger partial charge in [0, 0.05) is 23.7 Å². The van der Waals surface area contributed by atoms with Gasteiger partial charge in [0.05, 0.1) is 11.3 Å². The number of carbonyl (C=O) groups is 1. The number of aromatic hydroxyl groups is 1. The van der Waals surface area contributed by atoms with Crippen LogP contribution < -0.4 is 0 Å². The summed E-state index contributed by atoms with van der Waals surface area (Å²) in [4.78, 5) is 21.4. The highest BCUT2D eigenvalue weighted by Gasteiger charge is 2.31. The molecule has 1 aliphatic rings. The van der Waals surface area contributed by atoms with E-state index in [9.17, 15) is 9.90 Å². The Morgan fingerprint density at radius 1 is 1.18 bits per heavy atom. The molecule has 3 aromatic rings. The Kier molecular flexibility index (Phi) is 2.63. The van der Waals surface area contributed by atoms with Gasteiger partial charge in [0.25, 0.3) is 0 Å². The number of pyridine rings is 1. The molecule has 0 fully saturated rings. The minimum atomic E-state index is -0.162. The van der Waals surface area contributed by atoms with Crippen LogP contribution in [0.5, 0.6) is 5.88 Å². The van der Waals surface area contributed by atoms with Crippen LogP contribution in [0.4, 0.5) is 5.69 Å². The van der Waals surface area contributed by atoms with E-state index in [1.165, 1.54) is 0 Å². The van der Waals surface area contributed by atoms with Crippen LogP contribution in [0, 0.1) is 0 Å². The second-order valence-corrected chi connectivity index (χ2v) is 5.12. The summed E-state index contributed by atoms with van der Waals surface area (Å²) in [6.07, 6.45) is 1.67. The molecule has 0 saturated heterocycles. The van der Waals surface area contributed by atoms with E-state index in [1.807, 2.05) is 25.1 Å². The zero-order chi connectivity index (χ0) is 15.3. The van der Waals surface area contributed by atoms with Gasteiger partial charge in [-0.15, -0.1) is 0 Å². The Labute approximate surface area is 126 Å². The molecule has 0 spiro atoms. The first kappa shape index (κ1) is 12.8. The Morgan fingerprint density at radius 3 is 2.77 bits per heavy atom. The molecule has 0 atom stereocenters. The van der Waals surface area contributed by atoms with E-state index in [4.69, 9.17) is 0 Å². The zero-order valence-corrected chi connectivity index (χ0v) is 11.9. The number of aryl methyl sites for hydroxylation is 1. The van der Waals surface area contributed by atoms with E-state index in [2.05, 4.69) is 9.98 Å². The van der Waals surface area contributed by atoms with Gasteiger partial charge >= 0.3 is 0 Å². The highest BCUT2D eigenvalue weighted by Crippen LogP contribution is 2.36. The Hall–Kier alpha value is -2.95. The molecule has 0 amide bonds. The fraction of sp³-hybridized carbons (Fsp3) is 0.118. The number of aliphatic imine (C=N–C) groups is 1. The first-order chi connectivity index (χ1) is 10.7. The van der Waals surface area contributed by atoms with Gasteiger partial charge in [-0.3, -0.25) is 9.36 Å². The summed E-state index contributed by atoms with van der Waals surface area (Å²) in [6.45, 7) is 2.48. The largest absolute Gasteiger partial charge is 0.494 e. The number of fused-ring (bicyclic) bond motifs is 2. The highest BCUT2D eigenvalue weighted by atomic mass is 16.3. The fourth-order valence-corrected chi connectivity index (χ4v) is 2.93. The molecular weight excluding hydrogens is 278 g/mol. The number of Topliss-reactive ketones (excluding diaryl/α,β-unsaturated/α-hetero) is 1. The monoisotopic (exact) mass is 291 g/mol. The Bertz CT molecular complexity index is 954. The lowest BCUT2D eigenvalue weighted by Crippen LogP contribution is -2.11. The molecule has 1 aromatic carbocycles. The fourth-order valence-electron chi connectivity index (χ4n) is 2.93. The number of para-hydroxylation sites is 1. The molecule has 1 N–H and O–H groups in total. The number of nitrogens with zero attached hydrogens (tertiary/aromatic N) is 3. The van der Waals surface area contributed by atoms with E-state index in [-0.39, 0.29) is 17.4 Å². The van der Waals surface area contributed by atoms with Crippen LogP contribution in [0.15, 0.2) is 47.6 Å². The predicted octanol–water partition coefficient (Wildman–Crippen LogP) is 3.08. The minimum Gasteiger partial charge on any atom is -0.494 e. The lowest BCUT2D eigenvalue weighted by Gasteiger charge is -2.02. The van der Waals surface area contributed by atoms with Crippen LogP contribution in [-0.2, 0) is 6.54 Å². The minimum absolute atomic E-state index is 0.0381. The van der Waals surface area contributed by atoms with Crippen LogP contribution >= 0.6 is 0 Å². The third-order valence-electron chi connectivity index (χ3n) is 3.94. The third-order valence-corrected chi connectivity index (χ3v) is 3.94. The first-order valence-electron chi connectivity index (χ1n) is 7.11. The van der Waals surface area contributed by atoms with Gasteiger partial charge in [0.1, 0.15) is 11.4 Å². The standard InChI is InChI=1S/C17H13N3O2/c1-2-20-16-11(7-5-9-18-16)13(17(20)22)14-15(21)10-6-3-4-8-12(10)19-14/h3-9,22H,2H2,1H3. The molecule has 5 nitrogen and oxygen atoms in total. The molecule has 2 aromatic heterocycles. The average molecular weight is 291 g/mol. The number of benzene rings is 1. The van der Waals surface area contributed by atoms with Crippen molar-refractivity contribution < 1.29 is 9.90 Å². The summed E-state index contributed by atoms with van der Waals surface area (Å²) in [7, 11) is 0. The van der Waals surface area contributed by atoms with E-state index in [1.54, 1.807) is 29.0 Å². The van der Waals surface area contributed by atoms with E-state index >= 15 is 0 Å². The van der Waals surface area contributed by atoms with Crippen LogP contribution in [0.2, 0.25) is 0 Å². The molecule has 4 rings (SSSR count). The molecule has 22 heavy (non-hydrogen) atoms. The quantitative estimate of drug-likeness (QED) is 0.789. The summed E-state index contributed by atoms with van der Waals surface area (Å²) in [5, 5.41) is 11.3. The van der Waals surface area contributed by atoms with Gasteiger partial charge in [-0.25, -0.2) is 9.98 Å². The molecular formula is C17H13N3O2. The Morgan fingerprint density at radius 2 is 2.00 bits per heavy atom. The molecule has 108 valence electrons. The summed E-state index contributed by atoms with van der Waals surface area (Å²) in [5.41, 5.74) is 2.61. The summed E-state index contributed by atoms with van der Waals surface area (Å²) in [6, 6.07) is 10.8. The topological polar surface area (TPSA) is 67.5 Å². The van der Waals surface area contributed by atoms with Crippen LogP contribution in [-0.4, -0.2) is 26.2 Å². The zero-order valence-electron chi connectivity index (χ0n) is 11.9. The second kappa shape index (κ2) is 4.53. The molecule has 1 aliphatic heterocycles. The molecule has 0 radical (unpaired) electrons. The number of aromatic nitrogens is 2. The normalized spacial score (nSPS) is 13.5. The number of hydrogen-bond donors (Lipinski definition) is 1. The van der Waals surface area contributed by atoms with Crippen molar-refractivity contribution in [3.05, 3.63) is 53.7 Å². The van der Waals surface area contributed by atoms with Crippen LogP contribution in [0.1, 0.15) is 22.8 Å². The van der Waals surface area contributed by atoms with Crippen LogP contribution in [0.3, 0.4) is 0 Å². The summed E-state index contributed by atoms with van der Waals surface area (Å²) in [5.74, 6) is -0.124. The Balaban J connectivity index is 2.01. The van der Waals surface area contributed by atoms with Crippen molar-refractivity contribution in [1.29, 1.82) is 0 Å². The van der Waals surface area contributed by atoms with E-state index < -0.39 is 0 Å². The van der Waals surface area contributed by atoms with Crippen molar-refractivity contribution in [1.82, 2.24) is 9.55 Å². The van der Waals surface area contributed by atoms with Gasteiger partial charge in [0.15, 0.2) is 0 Å². The van der Waals surface area contributed by atoms with Crippen molar-refractivity contribution in [2.24, 2.45) is 4.99 Å². The van der Waals surface area contributed by atoms with Gasteiger partial charge in [-0.1, -0.05) is 12.1 Å². The van der Waals surface area contributed by atoms with Gasteiger partial charge in [-0.05, 0) is 31.2 Å². The number of ketones is 1. The van der Waals surface area contributed by atoms with Gasteiger partial charge in [0.2, 0.25) is 11.7 Å². The smallest absolute Gasteiger partial charge is 0.214 e. The highest BCUT2D eigenvalue weighted by molar-refractivity contribution is 6.56. The molecule has 0 saturated carbocycles. The molecule has 0 aliphatic carbocycles.